The molecule has 1 aromatic heterocycles. The van der Waals surface area contributed by atoms with Gasteiger partial charge < -0.3 is 4.74 Å². The lowest BCUT2D eigenvalue weighted by Crippen LogP contribution is -2.30. The van der Waals surface area contributed by atoms with Crippen LogP contribution in [-0.4, -0.2) is 34.5 Å². The smallest absolute Gasteiger partial charge is 0.225 e. The zero-order valence-electron chi connectivity index (χ0n) is 14.8. The summed E-state index contributed by atoms with van der Waals surface area (Å²) in [5.74, 6) is 1.91. The second-order valence-corrected chi connectivity index (χ2v) is 8.64. The molecule has 1 aromatic carbocycles. The largest absolute Gasteiger partial charge is 0.494 e. The third-order valence-electron chi connectivity index (χ3n) is 3.83. The van der Waals surface area contributed by atoms with E-state index in [4.69, 9.17) is 4.74 Å². The monoisotopic (exact) mass is 377 g/mol. The van der Waals surface area contributed by atoms with E-state index in [0.29, 0.717) is 12.6 Å². The fraction of sp³-hybridized carbons (Fsp3) is 0.500. The molecule has 2 aromatic rings. The Labute approximate surface area is 156 Å². The van der Waals surface area contributed by atoms with Gasteiger partial charge in [0.2, 0.25) is 11.0 Å². The molecule has 0 spiro atoms. The van der Waals surface area contributed by atoms with Gasteiger partial charge in [-0.3, -0.25) is 9.69 Å². The van der Waals surface area contributed by atoms with E-state index in [1.54, 1.807) is 23.6 Å². The minimum Gasteiger partial charge on any atom is -0.494 e. The Hall–Kier alpha value is -1.60. The van der Waals surface area contributed by atoms with Crippen molar-refractivity contribution in [1.29, 1.82) is 0 Å². The van der Waals surface area contributed by atoms with Crippen molar-refractivity contribution >= 4 is 34.1 Å². The summed E-state index contributed by atoms with van der Waals surface area (Å²) >= 11 is 3.17. The molecule has 0 N–H and O–H groups in total. The Kier molecular flexibility index (Phi) is 5.96. The first kappa shape index (κ1) is 18.2. The summed E-state index contributed by atoms with van der Waals surface area (Å²) in [5, 5.41) is 9.12. The maximum Gasteiger partial charge on any atom is 0.225 e. The molecule has 1 amide bonds. The Balaban J connectivity index is 1.43. The number of carbonyl (C=O) groups is 1. The number of hydrogen-bond acceptors (Lipinski definition) is 6. The quantitative estimate of drug-likeness (QED) is 0.391. The number of ether oxygens (including phenoxy) is 1. The van der Waals surface area contributed by atoms with Crippen LogP contribution in [0.15, 0.2) is 22.5 Å². The molecule has 25 heavy (non-hydrogen) atoms. The van der Waals surface area contributed by atoms with Crippen molar-refractivity contribution in [2.24, 2.45) is 0 Å². The summed E-state index contributed by atoms with van der Waals surface area (Å²) in [4.78, 5) is 13.5. The van der Waals surface area contributed by atoms with Gasteiger partial charge in [-0.15, -0.1) is 10.2 Å². The van der Waals surface area contributed by atoms with Gasteiger partial charge in [-0.1, -0.05) is 29.2 Å². The number of aryl methyl sites for hydroxylation is 2. The summed E-state index contributed by atoms with van der Waals surface area (Å²) in [6.45, 7) is 6.43. The van der Waals surface area contributed by atoms with Gasteiger partial charge >= 0.3 is 0 Å². The molecular weight excluding hydrogens is 354 g/mol. The number of anilines is 1. The molecule has 3 rings (SSSR count). The minimum absolute atomic E-state index is 0.0528. The summed E-state index contributed by atoms with van der Waals surface area (Å²) in [7, 11) is 0. The molecule has 0 radical (unpaired) electrons. The number of rotatable bonds is 8. The standard InChI is InChI=1S/C18H23N3O2S2/c1-12-9-13(2)11-16(10-12)23-7-4-8-24-18-20-19-17(25-18)21(14(3)22)15-5-6-15/h9-11,15H,4-8H2,1-3H3. The highest BCUT2D eigenvalue weighted by atomic mass is 32.2. The van der Waals surface area contributed by atoms with Crippen molar-refractivity contribution in [3.05, 3.63) is 29.3 Å². The Morgan fingerprint density at radius 1 is 1.28 bits per heavy atom. The van der Waals surface area contributed by atoms with Crippen LogP contribution < -0.4 is 9.64 Å². The molecule has 1 saturated carbocycles. The number of nitrogens with zero attached hydrogens (tertiary/aromatic N) is 3. The van der Waals surface area contributed by atoms with Gasteiger partial charge in [-0.05, 0) is 56.4 Å². The molecule has 1 heterocycles. The average Bonchev–Trinajstić information content (AvgIpc) is 3.24. The van der Waals surface area contributed by atoms with Crippen molar-refractivity contribution in [1.82, 2.24) is 10.2 Å². The maximum atomic E-state index is 11.8. The normalized spacial score (nSPS) is 13.7. The van der Waals surface area contributed by atoms with Crippen LogP contribution in [0, 0.1) is 13.8 Å². The second kappa shape index (κ2) is 8.19. The predicted octanol–water partition coefficient (Wildman–Crippen LogP) is 4.23. The van der Waals surface area contributed by atoms with Gasteiger partial charge in [-0.25, -0.2) is 0 Å². The predicted molar refractivity (Wildman–Crippen MR) is 103 cm³/mol. The van der Waals surface area contributed by atoms with Crippen molar-refractivity contribution in [3.63, 3.8) is 0 Å². The van der Waals surface area contributed by atoms with E-state index in [1.165, 1.54) is 22.5 Å². The van der Waals surface area contributed by atoms with E-state index in [9.17, 15) is 4.79 Å². The Morgan fingerprint density at radius 3 is 2.64 bits per heavy atom. The van der Waals surface area contributed by atoms with E-state index in [2.05, 4.69) is 42.2 Å². The molecule has 0 bridgehead atoms. The first-order valence-electron chi connectivity index (χ1n) is 8.50. The zero-order chi connectivity index (χ0) is 17.8. The molecule has 0 atom stereocenters. The number of hydrogen-bond donors (Lipinski definition) is 0. The molecule has 1 fully saturated rings. The summed E-state index contributed by atoms with van der Waals surface area (Å²) < 4.78 is 6.73. The molecule has 0 aliphatic heterocycles. The maximum absolute atomic E-state index is 11.8. The average molecular weight is 378 g/mol. The van der Waals surface area contributed by atoms with Crippen molar-refractivity contribution in [2.45, 2.75) is 50.4 Å². The molecular formula is C18H23N3O2S2. The first-order chi connectivity index (χ1) is 12.0. The molecule has 7 heteroatoms. The van der Waals surface area contributed by atoms with Crippen LogP contribution in [-0.2, 0) is 4.79 Å². The van der Waals surface area contributed by atoms with Gasteiger partial charge in [0.15, 0.2) is 4.34 Å². The van der Waals surface area contributed by atoms with Crippen LogP contribution in [0.25, 0.3) is 0 Å². The number of carbonyl (C=O) groups excluding carboxylic acids is 1. The second-order valence-electron chi connectivity index (χ2n) is 6.34. The summed E-state index contributed by atoms with van der Waals surface area (Å²) in [6, 6.07) is 6.59. The van der Waals surface area contributed by atoms with Gasteiger partial charge in [0, 0.05) is 18.7 Å². The molecule has 1 aliphatic rings. The van der Waals surface area contributed by atoms with Crippen LogP contribution in [0.5, 0.6) is 5.75 Å². The Morgan fingerprint density at radius 2 is 2.00 bits per heavy atom. The molecule has 134 valence electrons. The zero-order valence-corrected chi connectivity index (χ0v) is 16.5. The lowest BCUT2D eigenvalue weighted by atomic mass is 10.1. The first-order valence-corrected chi connectivity index (χ1v) is 10.3. The van der Waals surface area contributed by atoms with E-state index in [-0.39, 0.29) is 5.91 Å². The van der Waals surface area contributed by atoms with Crippen LogP contribution in [0.4, 0.5) is 5.13 Å². The lowest BCUT2D eigenvalue weighted by Gasteiger charge is -2.15. The van der Waals surface area contributed by atoms with Gasteiger partial charge in [0.1, 0.15) is 5.75 Å². The van der Waals surface area contributed by atoms with E-state index >= 15 is 0 Å². The Bertz CT molecular complexity index is 723. The topological polar surface area (TPSA) is 55.3 Å². The minimum atomic E-state index is 0.0528. The SMILES string of the molecule is CC(=O)N(c1nnc(SCCCOc2cc(C)cc(C)c2)s1)C1CC1. The van der Waals surface area contributed by atoms with Crippen LogP contribution in [0.3, 0.4) is 0 Å². The van der Waals surface area contributed by atoms with E-state index in [0.717, 1.165) is 40.2 Å². The molecule has 1 aliphatic carbocycles. The van der Waals surface area contributed by atoms with Crippen molar-refractivity contribution in [2.75, 3.05) is 17.3 Å². The van der Waals surface area contributed by atoms with Crippen LogP contribution in [0.2, 0.25) is 0 Å². The number of thioether (sulfide) groups is 1. The summed E-state index contributed by atoms with van der Waals surface area (Å²) in [5.41, 5.74) is 2.44. The highest BCUT2D eigenvalue weighted by molar-refractivity contribution is 8.01. The number of amides is 1. The third-order valence-corrected chi connectivity index (χ3v) is 5.97. The fourth-order valence-corrected chi connectivity index (χ4v) is 4.60. The third kappa shape index (κ3) is 5.19. The van der Waals surface area contributed by atoms with Gasteiger partial charge in [0.05, 0.1) is 6.61 Å². The fourth-order valence-electron chi connectivity index (χ4n) is 2.66. The van der Waals surface area contributed by atoms with Gasteiger partial charge in [0.25, 0.3) is 0 Å². The molecule has 5 nitrogen and oxygen atoms in total. The van der Waals surface area contributed by atoms with Crippen LogP contribution >= 0.6 is 23.1 Å². The van der Waals surface area contributed by atoms with E-state index < -0.39 is 0 Å². The number of aromatic nitrogens is 2. The van der Waals surface area contributed by atoms with E-state index in [1.807, 2.05) is 0 Å². The van der Waals surface area contributed by atoms with Crippen LogP contribution in [0.1, 0.15) is 37.3 Å². The highest BCUT2D eigenvalue weighted by Gasteiger charge is 2.34. The lowest BCUT2D eigenvalue weighted by molar-refractivity contribution is -0.116. The van der Waals surface area contributed by atoms with Gasteiger partial charge in [-0.2, -0.15) is 0 Å². The molecule has 0 unspecified atom stereocenters. The molecule has 0 saturated heterocycles. The number of benzene rings is 1. The summed E-state index contributed by atoms with van der Waals surface area (Å²) in [6.07, 6.45) is 3.07. The highest BCUT2D eigenvalue weighted by Crippen LogP contribution is 2.35. The van der Waals surface area contributed by atoms with Crippen molar-refractivity contribution in [3.8, 4) is 5.75 Å². The van der Waals surface area contributed by atoms with Crippen molar-refractivity contribution < 1.29 is 9.53 Å².